The van der Waals surface area contributed by atoms with Crippen molar-refractivity contribution in [2.24, 2.45) is 5.92 Å². The summed E-state index contributed by atoms with van der Waals surface area (Å²) in [6.07, 6.45) is 4.54. The fourth-order valence-corrected chi connectivity index (χ4v) is 2.27. The maximum atomic E-state index is 12.1. The lowest BCUT2D eigenvalue weighted by Gasteiger charge is -2.22. The van der Waals surface area contributed by atoms with E-state index >= 15 is 0 Å². The number of rotatable bonds is 3. The molecule has 0 spiro atoms. The summed E-state index contributed by atoms with van der Waals surface area (Å²) in [7, 11) is 0. The van der Waals surface area contributed by atoms with Crippen LogP contribution in [-0.2, 0) is 0 Å². The van der Waals surface area contributed by atoms with Gasteiger partial charge in [-0.3, -0.25) is 4.79 Å². The number of pyridine rings is 1. The number of nitrogens with two attached hydrogens (primary N) is 1. The molecule has 2 heterocycles. The van der Waals surface area contributed by atoms with Crippen molar-refractivity contribution in [1.82, 2.24) is 10.3 Å². The summed E-state index contributed by atoms with van der Waals surface area (Å²) < 4.78 is 0. The predicted octanol–water partition coefficient (Wildman–Crippen LogP) is 1.54. The average molecular weight is 233 g/mol. The Labute approximate surface area is 102 Å². The van der Waals surface area contributed by atoms with Crippen LogP contribution < -0.4 is 11.1 Å². The second-order valence-electron chi connectivity index (χ2n) is 4.79. The van der Waals surface area contributed by atoms with Gasteiger partial charge in [0.2, 0.25) is 0 Å². The number of carbonyl (C=O) groups is 1. The quantitative estimate of drug-likeness (QED) is 0.777. The number of nitrogens with one attached hydrogen (secondary N) is 1. The molecule has 1 saturated heterocycles. The first-order valence-corrected chi connectivity index (χ1v) is 6.13. The van der Waals surface area contributed by atoms with Gasteiger partial charge in [-0.1, -0.05) is 0 Å². The highest BCUT2D eigenvalue weighted by Crippen LogP contribution is 2.19. The molecule has 1 aliphatic rings. The molecule has 1 unspecified atom stereocenters. The molecule has 0 amide bonds. The summed E-state index contributed by atoms with van der Waals surface area (Å²) in [5.74, 6) is 0.910. The normalized spacial score (nSPS) is 20.2. The van der Waals surface area contributed by atoms with Crippen LogP contribution in [-0.4, -0.2) is 23.9 Å². The van der Waals surface area contributed by atoms with Crippen molar-refractivity contribution in [2.75, 3.05) is 18.8 Å². The van der Waals surface area contributed by atoms with Crippen LogP contribution in [0, 0.1) is 12.8 Å². The van der Waals surface area contributed by atoms with Gasteiger partial charge in [0.25, 0.3) is 0 Å². The summed E-state index contributed by atoms with van der Waals surface area (Å²) in [5.41, 5.74) is 7.30. The van der Waals surface area contributed by atoms with Crippen LogP contribution in [0.2, 0.25) is 0 Å². The van der Waals surface area contributed by atoms with Gasteiger partial charge in [-0.2, -0.15) is 0 Å². The second kappa shape index (κ2) is 5.27. The SMILES string of the molecule is Cc1cnc(N)c(C(=O)CC2CCCNC2)c1. The molecular formula is C13H19N3O. The molecule has 0 saturated carbocycles. The summed E-state index contributed by atoms with van der Waals surface area (Å²) in [6, 6.07) is 1.83. The van der Waals surface area contributed by atoms with E-state index in [1.54, 1.807) is 6.20 Å². The number of nitrogen functional groups attached to an aromatic ring is 1. The molecule has 3 N–H and O–H groups in total. The van der Waals surface area contributed by atoms with Crippen LogP contribution in [0.15, 0.2) is 12.3 Å². The van der Waals surface area contributed by atoms with Gasteiger partial charge >= 0.3 is 0 Å². The summed E-state index contributed by atoms with van der Waals surface area (Å²) in [4.78, 5) is 16.2. The Morgan fingerprint density at radius 3 is 3.18 bits per heavy atom. The lowest BCUT2D eigenvalue weighted by atomic mass is 9.92. The second-order valence-corrected chi connectivity index (χ2v) is 4.79. The Kier molecular flexibility index (Phi) is 3.74. The topological polar surface area (TPSA) is 68.0 Å². The molecule has 17 heavy (non-hydrogen) atoms. The van der Waals surface area contributed by atoms with E-state index in [1.807, 2.05) is 13.0 Å². The van der Waals surface area contributed by atoms with Gasteiger partial charge in [-0.05, 0) is 50.4 Å². The van der Waals surface area contributed by atoms with Gasteiger partial charge in [-0.25, -0.2) is 4.98 Å². The molecule has 1 aromatic rings. The first-order chi connectivity index (χ1) is 8.16. The molecule has 0 aliphatic carbocycles. The van der Waals surface area contributed by atoms with Crippen molar-refractivity contribution in [1.29, 1.82) is 0 Å². The van der Waals surface area contributed by atoms with E-state index in [0.717, 1.165) is 31.5 Å². The van der Waals surface area contributed by atoms with E-state index in [0.29, 0.717) is 23.7 Å². The minimum Gasteiger partial charge on any atom is -0.383 e. The molecule has 4 nitrogen and oxygen atoms in total. The van der Waals surface area contributed by atoms with Crippen LogP contribution in [0.1, 0.15) is 35.2 Å². The molecule has 1 aliphatic heterocycles. The average Bonchev–Trinajstić information content (AvgIpc) is 2.33. The fraction of sp³-hybridized carbons (Fsp3) is 0.538. The minimum atomic E-state index is 0.118. The zero-order chi connectivity index (χ0) is 12.3. The Hall–Kier alpha value is -1.42. The number of aromatic nitrogens is 1. The third-order valence-electron chi connectivity index (χ3n) is 3.23. The van der Waals surface area contributed by atoms with Crippen molar-refractivity contribution in [2.45, 2.75) is 26.2 Å². The molecule has 92 valence electrons. The molecule has 1 aromatic heterocycles. The monoisotopic (exact) mass is 233 g/mol. The number of aryl methyl sites for hydroxylation is 1. The van der Waals surface area contributed by atoms with Crippen LogP contribution in [0.4, 0.5) is 5.82 Å². The number of Topliss-reactive ketones (excluding diaryl/α,β-unsaturated/α-hetero) is 1. The van der Waals surface area contributed by atoms with Gasteiger partial charge in [0, 0.05) is 12.6 Å². The van der Waals surface area contributed by atoms with Crippen LogP contribution in [0.3, 0.4) is 0 Å². The molecule has 0 bridgehead atoms. The van der Waals surface area contributed by atoms with Crippen molar-refractivity contribution < 1.29 is 4.79 Å². The number of hydrogen-bond acceptors (Lipinski definition) is 4. The van der Waals surface area contributed by atoms with Crippen molar-refractivity contribution in [3.63, 3.8) is 0 Å². The first-order valence-electron chi connectivity index (χ1n) is 6.13. The maximum absolute atomic E-state index is 12.1. The number of hydrogen-bond donors (Lipinski definition) is 2. The highest BCUT2D eigenvalue weighted by atomic mass is 16.1. The Bertz CT molecular complexity index is 411. The summed E-state index contributed by atoms with van der Waals surface area (Å²) in [6.45, 7) is 3.93. The third kappa shape index (κ3) is 3.03. The highest BCUT2D eigenvalue weighted by Gasteiger charge is 2.19. The molecule has 4 heteroatoms. The van der Waals surface area contributed by atoms with Crippen molar-refractivity contribution in [3.8, 4) is 0 Å². The highest BCUT2D eigenvalue weighted by molar-refractivity contribution is 6.00. The lowest BCUT2D eigenvalue weighted by Crippen LogP contribution is -2.31. The standard InChI is InChI=1S/C13H19N3O/c1-9-5-11(13(14)16-7-9)12(17)6-10-3-2-4-15-8-10/h5,7,10,15H,2-4,6,8H2,1H3,(H2,14,16). The lowest BCUT2D eigenvalue weighted by molar-refractivity contribution is 0.0954. The van der Waals surface area contributed by atoms with Gasteiger partial charge < -0.3 is 11.1 Å². The van der Waals surface area contributed by atoms with E-state index < -0.39 is 0 Å². The molecule has 0 aromatic carbocycles. The Morgan fingerprint density at radius 2 is 2.47 bits per heavy atom. The van der Waals surface area contributed by atoms with Crippen molar-refractivity contribution >= 4 is 11.6 Å². The maximum Gasteiger partial charge on any atom is 0.166 e. The smallest absolute Gasteiger partial charge is 0.166 e. The number of ketones is 1. The Morgan fingerprint density at radius 1 is 1.65 bits per heavy atom. The zero-order valence-corrected chi connectivity index (χ0v) is 10.2. The number of nitrogens with zero attached hydrogens (tertiary/aromatic N) is 1. The minimum absolute atomic E-state index is 0.118. The van der Waals surface area contributed by atoms with Gasteiger partial charge in [0.1, 0.15) is 5.82 Å². The van der Waals surface area contributed by atoms with Gasteiger partial charge in [0.15, 0.2) is 5.78 Å². The third-order valence-corrected chi connectivity index (χ3v) is 3.23. The van der Waals surface area contributed by atoms with Crippen LogP contribution in [0.5, 0.6) is 0 Å². The van der Waals surface area contributed by atoms with Gasteiger partial charge in [0.05, 0.1) is 5.56 Å². The van der Waals surface area contributed by atoms with E-state index in [-0.39, 0.29) is 5.78 Å². The largest absolute Gasteiger partial charge is 0.383 e. The van der Waals surface area contributed by atoms with Crippen molar-refractivity contribution in [3.05, 3.63) is 23.4 Å². The zero-order valence-electron chi connectivity index (χ0n) is 10.2. The summed E-state index contributed by atoms with van der Waals surface area (Å²) in [5, 5.41) is 3.32. The predicted molar refractivity (Wildman–Crippen MR) is 67.9 cm³/mol. The summed E-state index contributed by atoms with van der Waals surface area (Å²) >= 11 is 0. The molecule has 2 rings (SSSR count). The van der Waals surface area contributed by atoms with E-state index in [4.69, 9.17) is 5.73 Å². The molecular weight excluding hydrogens is 214 g/mol. The molecule has 0 radical (unpaired) electrons. The van der Waals surface area contributed by atoms with Gasteiger partial charge in [-0.15, -0.1) is 0 Å². The number of carbonyl (C=O) groups excluding carboxylic acids is 1. The number of anilines is 1. The van der Waals surface area contributed by atoms with Crippen LogP contribution >= 0.6 is 0 Å². The van der Waals surface area contributed by atoms with Crippen LogP contribution in [0.25, 0.3) is 0 Å². The molecule has 1 atom stereocenters. The molecule has 1 fully saturated rings. The Balaban J connectivity index is 2.05. The number of piperidine rings is 1. The van der Waals surface area contributed by atoms with E-state index in [1.165, 1.54) is 0 Å². The fourth-order valence-electron chi connectivity index (χ4n) is 2.27. The van der Waals surface area contributed by atoms with E-state index in [2.05, 4.69) is 10.3 Å². The van der Waals surface area contributed by atoms with E-state index in [9.17, 15) is 4.79 Å². The first kappa shape index (κ1) is 12.0.